The fraction of sp³-hybridized carbons (Fsp3) is 0.700. The maximum Gasteiger partial charge on any atom is 0.0792 e. The van der Waals surface area contributed by atoms with Crippen LogP contribution >= 0.6 is 0 Å². The Morgan fingerprint density at radius 1 is 1.14 bits per heavy atom. The highest BCUT2D eigenvalue weighted by Gasteiger charge is 2.19. The van der Waals surface area contributed by atoms with E-state index < -0.39 is 11.7 Å². The molecule has 2 atom stereocenters. The molecule has 0 fully saturated rings. The molecule has 0 saturated heterocycles. The van der Waals surface area contributed by atoms with Gasteiger partial charge in [-0.15, -0.1) is 0 Å². The zero-order chi connectivity index (χ0) is 16.8. The molecule has 0 aromatic rings. The lowest BCUT2D eigenvalue weighted by molar-refractivity contribution is 0.0410. The summed E-state index contributed by atoms with van der Waals surface area (Å²) >= 11 is 0. The molecule has 0 aliphatic heterocycles. The molecule has 0 spiro atoms. The van der Waals surface area contributed by atoms with Crippen LogP contribution in [0.1, 0.15) is 73.1 Å². The predicted octanol–water partition coefficient (Wildman–Crippen LogP) is 4.93. The summed E-state index contributed by atoms with van der Waals surface area (Å²) in [5.41, 5.74) is 3.04. The third-order valence-electron chi connectivity index (χ3n) is 4.59. The predicted molar refractivity (Wildman–Crippen MR) is 94.8 cm³/mol. The lowest BCUT2D eigenvalue weighted by Gasteiger charge is -2.23. The van der Waals surface area contributed by atoms with Crippen molar-refractivity contribution in [2.24, 2.45) is 5.92 Å². The SMILES string of the molecule is C/C1=C\C=C(\C(C)C)[C@@H](O)C/C(C)=C/CC[C@@](C)(O)CCC1. The van der Waals surface area contributed by atoms with Crippen LogP contribution in [0.15, 0.2) is 34.9 Å². The summed E-state index contributed by atoms with van der Waals surface area (Å²) in [6.45, 7) is 10.4. The van der Waals surface area contributed by atoms with Gasteiger partial charge in [0.2, 0.25) is 0 Å². The minimum absolute atomic E-state index is 0.348. The van der Waals surface area contributed by atoms with Crippen molar-refractivity contribution in [1.82, 2.24) is 0 Å². The van der Waals surface area contributed by atoms with E-state index in [1.807, 2.05) is 6.92 Å². The van der Waals surface area contributed by atoms with E-state index in [-0.39, 0.29) is 0 Å². The molecule has 0 radical (unpaired) electrons. The van der Waals surface area contributed by atoms with Crippen LogP contribution in [0.5, 0.6) is 0 Å². The van der Waals surface area contributed by atoms with E-state index in [1.54, 1.807) is 0 Å². The summed E-state index contributed by atoms with van der Waals surface area (Å²) < 4.78 is 0. The molecule has 0 saturated carbocycles. The van der Waals surface area contributed by atoms with Gasteiger partial charge in [0.1, 0.15) is 0 Å². The summed E-state index contributed by atoms with van der Waals surface area (Å²) in [6.07, 6.45) is 11.2. The van der Waals surface area contributed by atoms with Crippen LogP contribution in [0.3, 0.4) is 0 Å². The van der Waals surface area contributed by atoms with Crippen LogP contribution in [-0.4, -0.2) is 21.9 Å². The summed E-state index contributed by atoms with van der Waals surface area (Å²) in [4.78, 5) is 0. The zero-order valence-corrected chi connectivity index (χ0v) is 15.0. The van der Waals surface area contributed by atoms with Crippen molar-refractivity contribution in [3.05, 3.63) is 34.9 Å². The number of allylic oxidation sites excluding steroid dienone is 4. The van der Waals surface area contributed by atoms with Crippen LogP contribution < -0.4 is 0 Å². The van der Waals surface area contributed by atoms with E-state index in [1.165, 1.54) is 11.1 Å². The Balaban J connectivity index is 2.99. The highest BCUT2D eigenvalue weighted by Crippen LogP contribution is 2.25. The van der Waals surface area contributed by atoms with Crippen molar-refractivity contribution < 1.29 is 10.2 Å². The van der Waals surface area contributed by atoms with E-state index in [4.69, 9.17) is 0 Å². The fourth-order valence-corrected chi connectivity index (χ4v) is 3.02. The molecule has 22 heavy (non-hydrogen) atoms. The third kappa shape index (κ3) is 6.93. The van der Waals surface area contributed by atoms with Gasteiger partial charge in [0.15, 0.2) is 0 Å². The van der Waals surface area contributed by atoms with Gasteiger partial charge in [-0.2, -0.15) is 0 Å². The van der Waals surface area contributed by atoms with Crippen molar-refractivity contribution >= 4 is 0 Å². The molecular weight excluding hydrogens is 272 g/mol. The second kappa shape index (κ2) is 8.69. The molecule has 2 nitrogen and oxygen atoms in total. The first kappa shape index (κ1) is 19.2. The number of hydrogen-bond donors (Lipinski definition) is 2. The maximum atomic E-state index is 10.5. The van der Waals surface area contributed by atoms with Crippen LogP contribution in [0.4, 0.5) is 0 Å². The molecule has 0 bridgehead atoms. The number of hydrogen-bond acceptors (Lipinski definition) is 2. The molecular formula is C20H34O2. The molecule has 2 N–H and O–H groups in total. The second-order valence-electron chi connectivity index (χ2n) is 7.49. The molecule has 0 aromatic carbocycles. The lowest BCUT2D eigenvalue weighted by Crippen LogP contribution is -2.23. The van der Waals surface area contributed by atoms with Gasteiger partial charge in [-0.25, -0.2) is 0 Å². The van der Waals surface area contributed by atoms with Crippen LogP contribution in [0, 0.1) is 5.92 Å². The highest BCUT2D eigenvalue weighted by atomic mass is 16.3. The summed E-state index contributed by atoms with van der Waals surface area (Å²) in [5, 5.41) is 20.9. The Kier molecular flexibility index (Phi) is 7.58. The molecule has 126 valence electrons. The van der Waals surface area contributed by atoms with Gasteiger partial charge in [0.05, 0.1) is 11.7 Å². The van der Waals surface area contributed by atoms with Gasteiger partial charge < -0.3 is 10.2 Å². The minimum Gasteiger partial charge on any atom is -0.390 e. The molecule has 0 aromatic heterocycles. The highest BCUT2D eigenvalue weighted by molar-refractivity contribution is 5.23. The normalized spacial score (nSPS) is 36.5. The van der Waals surface area contributed by atoms with Gasteiger partial charge in [-0.1, -0.05) is 43.2 Å². The standard InChI is InChI=1S/C20H34O2/c1-15(2)18-11-10-16(3)8-6-12-20(5,22)13-7-9-17(4)14-19(18)21/h9-11,15,19,21-22H,6-8,12-14H2,1-5H3/b16-10+,17-9+,18-11-/t19-,20-/m0/s1. The van der Waals surface area contributed by atoms with E-state index >= 15 is 0 Å². The molecule has 0 unspecified atom stereocenters. The van der Waals surface area contributed by atoms with E-state index in [2.05, 4.69) is 45.9 Å². The quantitative estimate of drug-likeness (QED) is 0.674. The first-order chi connectivity index (χ1) is 10.2. The van der Waals surface area contributed by atoms with Gasteiger partial charge in [-0.3, -0.25) is 0 Å². The molecule has 0 amide bonds. The number of aliphatic hydroxyl groups is 2. The lowest BCUT2D eigenvalue weighted by atomic mass is 9.89. The van der Waals surface area contributed by atoms with Gasteiger partial charge in [0, 0.05) is 0 Å². The topological polar surface area (TPSA) is 40.5 Å². The van der Waals surface area contributed by atoms with Crippen LogP contribution in [-0.2, 0) is 0 Å². The van der Waals surface area contributed by atoms with Gasteiger partial charge >= 0.3 is 0 Å². The van der Waals surface area contributed by atoms with Crippen molar-refractivity contribution in [2.45, 2.75) is 84.8 Å². The van der Waals surface area contributed by atoms with E-state index in [9.17, 15) is 10.2 Å². The largest absolute Gasteiger partial charge is 0.390 e. The molecule has 2 heteroatoms. The van der Waals surface area contributed by atoms with Crippen LogP contribution in [0.25, 0.3) is 0 Å². The average Bonchev–Trinajstić information content (AvgIpc) is 2.36. The van der Waals surface area contributed by atoms with Crippen molar-refractivity contribution in [2.75, 3.05) is 0 Å². The van der Waals surface area contributed by atoms with Crippen LogP contribution in [0.2, 0.25) is 0 Å². The monoisotopic (exact) mass is 306 g/mol. The third-order valence-corrected chi connectivity index (χ3v) is 4.59. The van der Waals surface area contributed by atoms with Crippen molar-refractivity contribution in [3.63, 3.8) is 0 Å². The number of aliphatic hydroxyl groups excluding tert-OH is 1. The fourth-order valence-electron chi connectivity index (χ4n) is 3.02. The molecule has 1 aliphatic rings. The molecule has 1 aliphatic carbocycles. The van der Waals surface area contributed by atoms with Gasteiger partial charge in [-0.05, 0) is 70.8 Å². The Bertz CT molecular complexity index is 439. The summed E-state index contributed by atoms with van der Waals surface area (Å²) in [5.74, 6) is 0.348. The first-order valence-electron chi connectivity index (χ1n) is 8.64. The Morgan fingerprint density at radius 2 is 1.82 bits per heavy atom. The van der Waals surface area contributed by atoms with E-state index in [0.717, 1.165) is 37.7 Å². The smallest absolute Gasteiger partial charge is 0.0792 e. The van der Waals surface area contributed by atoms with E-state index in [0.29, 0.717) is 12.3 Å². The number of rotatable bonds is 1. The summed E-state index contributed by atoms with van der Waals surface area (Å²) in [7, 11) is 0. The van der Waals surface area contributed by atoms with Crippen molar-refractivity contribution in [3.8, 4) is 0 Å². The van der Waals surface area contributed by atoms with Crippen molar-refractivity contribution in [1.29, 1.82) is 0 Å². The van der Waals surface area contributed by atoms with Gasteiger partial charge in [0.25, 0.3) is 0 Å². The Morgan fingerprint density at radius 3 is 2.45 bits per heavy atom. The maximum absolute atomic E-state index is 10.5. The second-order valence-corrected chi connectivity index (χ2v) is 7.49. The molecule has 1 rings (SSSR count). The Hall–Kier alpha value is -0.860. The average molecular weight is 306 g/mol. The molecule has 0 heterocycles. The first-order valence-corrected chi connectivity index (χ1v) is 8.64. The summed E-state index contributed by atoms with van der Waals surface area (Å²) in [6, 6.07) is 0. The zero-order valence-electron chi connectivity index (χ0n) is 15.0. The Labute approximate surface area is 136 Å². The minimum atomic E-state index is -0.585.